The molecule has 0 radical (unpaired) electrons. The summed E-state index contributed by atoms with van der Waals surface area (Å²) < 4.78 is 21.0. The molecule has 0 fully saturated rings. The van der Waals surface area contributed by atoms with Crippen molar-refractivity contribution in [2.75, 3.05) is 5.73 Å². The average molecular weight is 430 g/mol. The highest BCUT2D eigenvalue weighted by Crippen LogP contribution is 2.30. The Bertz CT molecular complexity index is 1430. The normalized spacial score (nSPS) is 11.0. The third-order valence-electron chi connectivity index (χ3n) is 4.69. The molecule has 5 rings (SSSR count). The average Bonchev–Trinajstić information content (AvgIpc) is 3.50. The van der Waals surface area contributed by atoms with E-state index >= 15 is 0 Å². The number of oxazole rings is 1. The van der Waals surface area contributed by atoms with Gasteiger partial charge in [-0.3, -0.25) is 9.78 Å². The molecule has 0 aliphatic heterocycles. The summed E-state index contributed by atoms with van der Waals surface area (Å²) in [5.74, 6) is -1.07. The SMILES string of the molecule is Nc1nc(-c2ncco2)c(-c2ccc3nccn3c2)nc1C(=O)NCc1ncccc1F. The summed E-state index contributed by atoms with van der Waals surface area (Å²) in [6.07, 6.45) is 9.55. The number of aromatic nitrogens is 6. The Morgan fingerprint density at radius 3 is 2.81 bits per heavy atom. The van der Waals surface area contributed by atoms with Crippen LogP contribution in [0, 0.1) is 5.82 Å². The second-order valence-corrected chi connectivity index (χ2v) is 6.72. The first-order valence-electron chi connectivity index (χ1n) is 9.48. The molecular formula is C21H15FN8O2. The minimum absolute atomic E-state index is 0.0922. The molecule has 0 aliphatic carbocycles. The van der Waals surface area contributed by atoms with Crippen molar-refractivity contribution in [3.05, 3.63) is 78.7 Å². The van der Waals surface area contributed by atoms with E-state index < -0.39 is 11.7 Å². The van der Waals surface area contributed by atoms with Crippen molar-refractivity contribution in [2.45, 2.75) is 6.54 Å². The summed E-state index contributed by atoms with van der Waals surface area (Å²) >= 11 is 0. The summed E-state index contributed by atoms with van der Waals surface area (Å²) in [6, 6.07) is 6.32. The summed E-state index contributed by atoms with van der Waals surface area (Å²) in [4.78, 5) is 33.9. The second-order valence-electron chi connectivity index (χ2n) is 6.72. The summed E-state index contributed by atoms with van der Waals surface area (Å²) in [5, 5.41) is 2.58. The van der Waals surface area contributed by atoms with Crippen molar-refractivity contribution in [2.24, 2.45) is 0 Å². The molecule has 0 saturated heterocycles. The number of hydrogen-bond acceptors (Lipinski definition) is 8. The van der Waals surface area contributed by atoms with E-state index in [2.05, 4.69) is 30.2 Å². The van der Waals surface area contributed by atoms with Crippen LogP contribution < -0.4 is 11.1 Å². The lowest BCUT2D eigenvalue weighted by atomic mass is 10.1. The van der Waals surface area contributed by atoms with E-state index in [1.807, 2.05) is 0 Å². The molecule has 0 aliphatic rings. The van der Waals surface area contributed by atoms with Crippen LogP contribution in [0.3, 0.4) is 0 Å². The van der Waals surface area contributed by atoms with Gasteiger partial charge in [0.15, 0.2) is 17.2 Å². The van der Waals surface area contributed by atoms with Gasteiger partial charge in [0.2, 0.25) is 5.89 Å². The zero-order valence-corrected chi connectivity index (χ0v) is 16.4. The maximum atomic E-state index is 13.8. The fourth-order valence-corrected chi connectivity index (χ4v) is 3.16. The van der Waals surface area contributed by atoms with E-state index in [9.17, 15) is 9.18 Å². The van der Waals surface area contributed by atoms with Gasteiger partial charge in [-0.25, -0.2) is 24.3 Å². The maximum absolute atomic E-state index is 13.8. The molecule has 5 aromatic rings. The van der Waals surface area contributed by atoms with Gasteiger partial charge in [-0.1, -0.05) is 0 Å². The molecular weight excluding hydrogens is 415 g/mol. The highest BCUT2D eigenvalue weighted by atomic mass is 19.1. The molecule has 0 unspecified atom stereocenters. The Labute approximate surface area is 180 Å². The van der Waals surface area contributed by atoms with Crippen molar-refractivity contribution in [1.29, 1.82) is 0 Å². The van der Waals surface area contributed by atoms with E-state index in [1.165, 1.54) is 30.8 Å². The first-order valence-corrected chi connectivity index (χ1v) is 9.48. The number of imidazole rings is 1. The Morgan fingerprint density at radius 1 is 1.09 bits per heavy atom. The predicted octanol–water partition coefficient (Wildman–Crippen LogP) is 2.49. The van der Waals surface area contributed by atoms with Gasteiger partial charge in [-0.15, -0.1) is 0 Å². The van der Waals surface area contributed by atoms with E-state index in [0.29, 0.717) is 11.3 Å². The van der Waals surface area contributed by atoms with Gasteiger partial charge in [-0.05, 0) is 24.3 Å². The van der Waals surface area contributed by atoms with Crippen LogP contribution in [0.15, 0.2) is 65.9 Å². The van der Waals surface area contributed by atoms with Crippen molar-refractivity contribution >= 4 is 17.4 Å². The van der Waals surface area contributed by atoms with Gasteiger partial charge < -0.3 is 19.9 Å². The number of fused-ring (bicyclic) bond motifs is 1. The molecule has 1 amide bonds. The number of nitrogens with two attached hydrogens (primary N) is 1. The standard InChI is InChI=1S/C21H15FN8O2/c22-13-2-1-5-24-14(13)10-27-20(31)18-19(23)29-17(21-26-7-9-32-21)16(28-18)12-3-4-15-25-6-8-30(15)11-12/h1-9,11H,10H2,(H2,23,29)(H,27,31). The van der Waals surface area contributed by atoms with Gasteiger partial charge in [0.1, 0.15) is 23.4 Å². The molecule has 3 N–H and O–H groups in total. The molecule has 5 aromatic heterocycles. The number of anilines is 1. The van der Waals surface area contributed by atoms with E-state index in [4.69, 9.17) is 10.2 Å². The molecule has 0 aromatic carbocycles. The number of nitrogens with one attached hydrogen (secondary N) is 1. The van der Waals surface area contributed by atoms with Crippen molar-refractivity contribution in [3.63, 3.8) is 0 Å². The van der Waals surface area contributed by atoms with Crippen LogP contribution in [0.5, 0.6) is 0 Å². The monoisotopic (exact) mass is 430 g/mol. The minimum Gasteiger partial charge on any atom is -0.443 e. The Balaban J connectivity index is 1.56. The number of hydrogen-bond donors (Lipinski definition) is 2. The number of amides is 1. The summed E-state index contributed by atoms with van der Waals surface area (Å²) in [6.45, 7) is -0.134. The van der Waals surface area contributed by atoms with Crippen LogP contribution in [0.1, 0.15) is 16.2 Å². The van der Waals surface area contributed by atoms with Crippen LogP contribution in [-0.4, -0.2) is 35.2 Å². The van der Waals surface area contributed by atoms with E-state index in [1.54, 1.807) is 35.1 Å². The van der Waals surface area contributed by atoms with Crippen LogP contribution in [0.25, 0.3) is 28.5 Å². The number of nitrogen functional groups attached to an aromatic ring is 1. The number of carbonyl (C=O) groups excluding carboxylic acids is 1. The largest absolute Gasteiger partial charge is 0.443 e. The quantitative estimate of drug-likeness (QED) is 0.434. The van der Waals surface area contributed by atoms with E-state index in [0.717, 1.165) is 5.65 Å². The van der Waals surface area contributed by atoms with Crippen molar-refractivity contribution in [1.82, 2.24) is 34.6 Å². The zero-order valence-electron chi connectivity index (χ0n) is 16.4. The molecule has 32 heavy (non-hydrogen) atoms. The van der Waals surface area contributed by atoms with Crippen LogP contribution in [-0.2, 0) is 6.54 Å². The van der Waals surface area contributed by atoms with Crippen LogP contribution in [0.2, 0.25) is 0 Å². The third kappa shape index (κ3) is 3.51. The van der Waals surface area contributed by atoms with Gasteiger partial charge >= 0.3 is 0 Å². The van der Waals surface area contributed by atoms with Gasteiger partial charge in [0.05, 0.1) is 18.4 Å². The van der Waals surface area contributed by atoms with Gasteiger partial charge in [-0.2, -0.15) is 0 Å². The highest BCUT2D eigenvalue weighted by molar-refractivity contribution is 5.97. The fraction of sp³-hybridized carbons (Fsp3) is 0.0476. The summed E-state index contributed by atoms with van der Waals surface area (Å²) in [7, 11) is 0. The molecule has 5 heterocycles. The number of rotatable bonds is 5. The number of carbonyl (C=O) groups is 1. The molecule has 0 spiro atoms. The molecule has 0 atom stereocenters. The molecule has 11 heteroatoms. The van der Waals surface area contributed by atoms with E-state index in [-0.39, 0.29) is 35.3 Å². The van der Waals surface area contributed by atoms with Gasteiger partial charge in [0.25, 0.3) is 5.91 Å². The number of nitrogens with zero attached hydrogens (tertiary/aromatic N) is 6. The predicted molar refractivity (Wildman–Crippen MR) is 111 cm³/mol. The Morgan fingerprint density at radius 2 is 2.00 bits per heavy atom. The number of halogens is 1. The van der Waals surface area contributed by atoms with Crippen LogP contribution in [0.4, 0.5) is 10.2 Å². The first kappa shape index (κ1) is 19.3. The molecule has 0 saturated carbocycles. The Hall–Kier alpha value is -4.67. The topological polar surface area (TPSA) is 137 Å². The lowest BCUT2D eigenvalue weighted by Gasteiger charge is -2.12. The molecule has 0 bridgehead atoms. The lowest BCUT2D eigenvalue weighted by Crippen LogP contribution is -2.26. The first-order chi connectivity index (χ1) is 15.6. The second kappa shape index (κ2) is 7.87. The highest BCUT2D eigenvalue weighted by Gasteiger charge is 2.22. The molecule has 10 nitrogen and oxygen atoms in total. The smallest absolute Gasteiger partial charge is 0.274 e. The summed E-state index contributed by atoms with van der Waals surface area (Å²) in [5.41, 5.74) is 8.02. The van der Waals surface area contributed by atoms with Crippen molar-refractivity contribution in [3.8, 4) is 22.8 Å². The fourth-order valence-electron chi connectivity index (χ4n) is 3.16. The third-order valence-corrected chi connectivity index (χ3v) is 4.69. The van der Waals surface area contributed by atoms with Crippen molar-refractivity contribution < 1.29 is 13.6 Å². The minimum atomic E-state index is -0.621. The zero-order chi connectivity index (χ0) is 22.1. The van der Waals surface area contributed by atoms with Gasteiger partial charge in [0, 0.05) is 30.4 Å². The number of pyridine rings is 2. The maximum Gasteiger partial charge on any atom is 0.274 e. The lowest BCUT2D eigenvalue weighted by molar-refractivity contribution is 0.0946. The van der Waals surface area contributed by atoms with Crippen LogP contribution >= 0.6 is 0 Å². The Kier molecular flexibility index (Phi) is 4.75. The molecule has 158 valence electrons.